The van der Waals surface area contributed by atoms with Crippen molar-refractivity contribution in [2.24, 2.45) is 10.9 Å². The van der Waals surface area contributed by atoms with Gasteiger partial charge in [-0.25, -0.2) is 9.37 Å². The summed E-state index contributed by atoms with van der Waals surface area (Å²) in [5, 5.41) is 14.6. The average molecular weight is 611 g/mol. The van der Waals surface area contributed by atoms with Crippen LogP contribution in [0.1, 0.15) is 38.9 Å². The predicted octanol–water partition coefficient (Wildman–Crippen LogP) is 7.40. The van der Waals surface area contributed by atoms with Crippen molar-refractivity contribution in [1.29, 1.82) is 5.26 Å². The van der Waals surface area contributed by atoms with Crippen molar-refractivity contribution in [3.63, 3.8) is 0 Å². The molecule has 4 aromatic carbocycles. The van der Waals surface area contributed by atoms with Crippen LogP contribution >= 0.6 is 11.8 Å². The Kier molecular flexibility index (Phi) is 7.60. The number of aliphatic imine (C=N–C) groups is 1. The number of hydrogen-bond donors (Lipinski definition) is 1. The monoisotopic (exact) mass is 610 g/mol. The Bertz CT molecular complexity index is 1810. The van der Waals surface area contributed by atoms with Crippen LogP contribution in [0.25, 0.3) is 0 Å². The van der Waals surface area contributed by atoms with E-state index in [4.69, 9.17) is 9.73 Å². The average Bonchev–Trinajstić information content (AvgIpc) is 3.10. The van der Waals surface area contributed by atoms with Gasteiger partial charge in [-0.15, -0.1) is 0 Å². The summed E-state index contributed by atoms with van der Waals surface area (Å²) in [6, 6.07) is 40.4. The van der Waals surface area contributed by atoms with Gasteiger partial charge in [0, 0.05) is 35.4 Å². The van der Waals surface area contributed by atoms with Gasteiger partial charge in [-0.3, -0.25) is 4.99 Å². The number of thioether (sulfide) groups is 1. The van der Waals surface area contributed by atoms with E-state index in [1.807, 2.05) is 30.3 Å². The third-order valence-corrected chi connectivity index (χ3v) is 10.2. The molecule has 0 amide bonds. The van der Waals surface area contributed by atoms with Crippen molar-refractivity contribution < 1.29 is 9.13 Å². The minimum atomic E-state index is -0.940. The summed E-state index contributed by atoms with van der Waals surface area (Å²) in [7, 11) is 1.58. The second-order valence-electron chi connectivity index (χ2n) is 11.4. The van der Waals surface area contributed by atoms with Crippen LogP contribution in [0.3, 0.4) is 0 Å². The maximum atomic E-state index is 15.9. The van der Waals surface area contributed by atoms with Crippen LogP contribution < -0.4 is 10.1 Å². The second-order valence-corrected chi connectivity index (χ2v) is 12.4. The minimum Gasteiger partial charge on any atom is -0.481 e. The summed E-state index contributed by atoms with van der Waals surface area (Å²) in [6.45, 7) is 0. The largest absolute Gasteiger partial charge is 0.481 e. The second kappa shape index (κ2) is 11.9. The lowest BCUT2D eigenvalue weighted by Gasteiger charge is -2.47. The lowest BCUT2D eigenvalue weighted by Crippen LogP contribution is -2.52. The van der Waals surface area contributed by atoms with E-state index in [-0.39, 0.29) is 11.7 Å². The number of hydrogen-bond acceptors (Lipinski definition) is 6. The van der Waals surface area contributed by atoms with Crippen molar-refractivity contribution in [2.45, 2.75) is 23.9 Å². The molecule has 1 aliphatic heterocycles. The summed E-state index contributed by atoms with van der Waals surface area (Å²) < 4.78 is 21.6. The minimum absolute atomic E-state index is 0.0590. The highest BCUT2D eigenvalue weighted by Crippen LogP contribution is 2.51. The van der Waals surface area contributed by atoms with Gasteiger partial charge in [0.05, 0.1) is 18.2 Å². The topological polar surface area (TPSA) is 70.3 Å². The Labute approximate surface area is 266 Å². The van der Waals surface area contributed by atoms with E-state index in [2.05, 4.69) is 89.2 Å². The van der Waals surface area contributed by atoms with E-state index >= 15 is 4.39 Å². The molecular formula is C38H31FN4OS. The fourth-order valence-corrected chi connectivity index (χ4v) is 8.21. The molecule has 0 saturated carbocycles. The highest BCUT2D eigenvalue weighted by atomic mass is 32.2. The number of rotatable bonds is 6. The van der Waals surface area contributed by atoms with Crippen molar-refractivity contribution >= 4 is 16.9 Å². The highest BCUT2D eigenvalue weighted by molar-refractivity contribution is 8.13. The molecule has 0 spiro atoms. The maximum absolute atomic E-state index is 15.9. The van der Waals surface area contributed by atoms with Gasteiger partial charge in [0.2, 0.25) is 5.88 Å². The van der Waals surface area contributed by atoms with Crippen molar-refractivity contribution in [2.75, 3.05) is 12.9 Å². The number of ether oxygens (including phenoxy) is 1. The molecule has 1 aliphatic carbocycles. The number of nitrogens with zero attached hydrogens (tertiary/aromatic N) is 3. The molecular weight excluding hydrogens is 580 g/mol. The van der Waals surface area contributed by atoms with Crippen molar-refractivity contribution in [1.82, 2.24) is 10.3 Å². The number of nitrogens with one attached hydrogen (secondary N) is 1. The number of aromatic nitrogens is 1. The Hall–Kier alpha value is -4.93. The molecule has 2 aliphatic rings. The number of benzene rings is 4. The number of amidine groups is 1. The Balaban J connectivity index is 1.46. The van der Waals surface area contributed by atoms with Gasteiger partial charge in [0.25, 0.3) is 0 Å². The fourth-order valence-electron chi connectivity index (χ4n) is 7.00. The highest BCUT2D eigenvalue weighted by Gasteiger charge is 2.50. The van der Waals surface area contributed by atoms with Crippen LogP contribution in [-0.2, 0) is 23.9 Å². The molecule has 1 N–H and O–H groups in total. The molecule has 5 aromatic rings. The predicted molar refractivity (Wildman–Crippen MR) is 177 cm³/mol. The van der Waals surface area contributed by atoms with Crippen molar-refractivity contribution in [3.8, 4) is 11.9 Å². The third kappa shape index (κ3) is 4.86. The van der Waals surface area contributed by atoms with E-state index in [0.717, 1.165) is 33.0 Å². The quantitative estimate of drug-likeness (QED) is 0.203. The smallest absolute Gasteiger partial charge is 0.216 e. The van der Waals surface area contributed by atoms with Crippen LogP contribution in [0.5, 0.6) is 5.88 Å². The lowest BCUT2D eigenvalue weighted by molar-refractivity contribution is 0.261. The van der Waals surface area contributed by atoms with E-state index in [1.54, 1.807) is 31.1 Å². The number of fused-ring (bicyclic) bond motifs is 2. The standard InChI is InChI=1S/C38H31FN4OS/c1-44-35-32-22-37(33-19-11-12-20-34(33)39)30(21-31(32)26(23-40)24-41-35)25-45-36(42-37)43-38(27-13-5-2-6-14-27,28-15-7-3-8-16-28)29-17-9-4-10-18-29/h2-20,24,30H,21-22,25H2,1H3,(H,42,43)/t30-,37-/m0/s1. The van der Waals surface area contributed by atoms with Gasteiger partial charge in [-0.1, -0.05) is 121 Å². The number of methoxy groups -OCH3 is 1. The van der Waals surface area contributed by atoms with Crippen LogP contribution in [-0.4, -0.2) is 23.0 Å². The van der Waals surface area contributed by atoms with Gasteiger partial charge in [0.15, 0.2) is 5.17 Å². The van der Waals surface area contributed by atoms with Gasteiger partial charge in [0.1, 0.15) is 17.4 Å². The molecule has 1 aromatic heterocycles. The maximum Gasteiger partial charge on any atom is 0.216 e. The molecule has 2 atom stereocenters. The molecule has 0 fully saturated rings. The number of pyridine rings is 1. The normalized spacial score (nSPS) is 19.0. The Morgan fingerprint density at radius 2 is 1.44 bits per heavy atom. The lowest BCUT2D eigenvalue weighted by atomic mass is 9.67. The SMILES string of the molecule is COc1ncc(C#N)c2c1C[C@]1(c3ccccc3F)N=C(NC(c3ccccc3)(c3ccccc3)c3ccccc3)SC[C@@H]1C2. The van der Waals surface area contributed by atoms with E-state index in [0.29, 0.717) is 35.6 Å². The van der Waals surface area contributed by atoms with E-state index < -0.39 is 11.1 Å². The summed E-state index contributed by atoms with van der Waals surface area (Å²) >= 11 is 1.64. The van der Waals surface area contributed by atoms with E-state index in [9.17, 15) is 5.26 Å². The van der Waals surface area contributed by atoms with Gasteiger partial charge in [-0.2, -0.15) is 5.26 Å². The molecule has 0 unspecified atom stereocenters. The zero-order chi connectivity index (χ0) is 30.9. The zero-order valence-electron chi connectivity index (χ0n) is 24.8. The third-order valence-electron chi connectivity index (χ3n) is 9.12. The molecule has 5 nitrogen and oxygen atoms in total. The first kappa shape index (κ1) is 28.8. The molecule has 0 radical (unpaired) electrons. The molecule has 222 valence electrons. The Morgan fingerprint density at radius 1 is 0.867 bits per heavy atom. The van der Waals surface area contributed by atoms with Crippen molar-refractivity contribution in [3.05, 3.63) is 166 Å². The molecule has 7 heteroatoms. The molecule has 0 saturated heterocycles. The Morgan fingerprint density at radius 3 is 2.00 bits per heavy atom. The summed E-state index contributed by atoms with van der Waals surface area (Å²) in [4.78, 5) is 9.98. The summed E-state index contributed by atoms with van der Waals surface area (Å²) in [5.41, 5.74) is 4.26. The molecule has 45 heavy (non-hydrogen) atoms. The fraction of sp³-hybridized carbons (Fsp3) is 0.184. The van der Waals surface area contributed by atoms with Crippen LogP contribution in [0.2, 0.25) is 0 Å². The van der Waals surface area contributed by atoms with Crippen LogP contribution in [0, 0.1) is 23.1 Å². The first-order chi connectivity index (χ1) is 22.1. The van der Waals surface area contributed by atoms with E-state index in [1.165, 1.54) is 6.07 Å². The first-order valence-electron chi connectivity index (χ1n) is 15.0. The van der Waals surface area contributed by atoms with Crippen LogP contribution in [0.15, 0.2) is 126 Å². The summed E-state index contributed by atoms with van der Waals surface area (Å²) in [5.74, 6) is 0.776. The first-order valence-corrected chi connectivity index (χ1v) is 15.9. The summed E-state index contributed by atoms with van der Waals surface area (Å²) in [6.07, 6.45) is 2.50. The van der Waals surface area contributed by atoms with Crippen LogP contribution in [0.4, 0.5) is 4.39 Å². The van der Waals surface area contributed by atoms with Gasteiger partial charge >= 0.3 is 0 Å². The molecule has 2 heterocycles. The number of halogens is 1. The zero-order valence-corrected chi connectivity index (χ0v) is 25.6. The molecule has 7 rings (SSSR count). The van der Waals surface area contributed by atoms with Gasteiger partial charge in [-0.05, 0) is 34.7 Å². The molecule has 0 bridgehead atoms. The number of nitriles is 1. The van der Waals surface area contributed by atoms with Gasteiger partial charge < -0.3 is 10.1 Å².